The van der Waals surface area contributed by atoms with E-state index in [0.29, 0.717) is 5.75 Å². The molecular weight excluding hydrogens is 352 g/mol. The molecule has 0 saturated heterocycles. The molecule has 3 rings (SSSR count). The Morgan fingerprint density at radius 2 is 1.77 bits per heavy atom. The fourth-order valence-corrected chi connectivity index (χ4v) is 3.70. The molecule has 1 saturated carbocycles. The number of carbonyl (C=O) groups is 1. The Bertz CT molecular complexity index is 847. The number of amides is 1. The fourth-order valence-electron chi connectivity index (χ4n) is 2.47. The van der Waals surface area contributed by atoms with Crippen LogP contribution in [-0.2, 0) is 14.8 Å². The molecule has 0 spiro atoms. The second-order valence-electron chi connectivity index (χ2n) is 6.36. The highest BCUT2D eigenvalue weighted by Crippen LogP contribution is 2.20. The van der Waals surface area contributed by atoms with Gasteiger partial charge in [0.1, 0.15) is 5.75 Å². The summed E-state index contributed by atoms with van der Waals surface area (Å²) in [5, 5.41) is 2.83. The first-order valence-electron chi connectivity index (χ1n) is 8.53. The van der Waals surface area contributed by atoms with E-state index in [-0.39, 0.29) is 29.5 Å². The van der Waals surface area contributed by atoms with Crippen molar-refractivity contribution >= 4 is 15.9 Å². The lowest BCUT2D eigenvalue weighted by Gasteiger charge is -2.15. The molecule has 0 heterocycles. The maximum absolute atomic E-state index is 12.5. The van der Waals surface area contributed by atoms with E-state index in [1.807, 2.05) is 30.3 Å². The molecule has 1 fully saturated rings. The van der Waals surface area contributed by atoms with Crippen LogP contribution in [0.5, 0.6) is 5.75 Å². The minimum Gasteiger partial charge on any atom is -0.484 e. The normalized spacial score (nSPS) is 15.3. The minimum atomic E-state index is -3.65. The molecule has 1 atom stereocenters. The third-order valence-corrected chi connectivity index (χ3v) is 5.63. The Morgan fingerprint density at radius 3 is 2.38 bits per heavy atom. The molecule has 1 aliphatic rings. The first kappa shape index (κ1) is 18.4. The van der Waals surface area contributed by atoms with E-state index < -0.39 is 10.0 Å². The second kappa shape index (κ2) is 7.88. The monoisotopic (exact) mass is 374 g/mol. The van der Waals surface area contributed by atoms with Crippen molar-refractivity contribution in [2.24, 2.45) is 0 Å². The van der Waals surface area contributed by atoms with E-state index in [0.717, 1.165) is 18.4 Å². The summed E-state index contributed by atoms with van der Waals surface area (Å²) in [6.07, 6.45) is 2.04. The van der Waals surface area contributed by atoms with Crippen LogP contribution in [0.4, 0.5) is 0 Å². The van der Waals surface area contributed by atoms with Crippen LogP contribution < -0.4 is 14.8 Å². The van der Waals surface area contributed by atoms with E-state index in [4.69, 9.17) is 4.74 Å². The molecule has 0 radical (unpaired) electrons. The lowest BCUT2D eigenvalue weighted by atomic mass is 10.1. The highest BCUT2D eigenvalue weighted by molar-refractivity contribution is 7.89. The predicted molar refractivity (Wildman–Crippen MR) is 98.3 cm³/mol. The number of sulfonamides is 1. The maximum atomic E-state index is 12.5. The zero-order valence-corrected chi connectivity index (χ0v) is 15.3. The SMILES string of the molecule is CC(NS(=O)(=O)c1ccc(OCC(=O)NC2CC2)cc1)c1ccccc1. The van der Waals surface area contributed by atoms with Gasteiger partial charge in [0.2, 0.25) is 10.0 Å². The van der Waals surface area contributed by atoms with Crippen LogP contribution in [0.3, 0.4) is 0 Å². The molecule has 2 aromatic rings. The first-order valence-corrected chi connectivity index (χ1v) is 10.0. The van der Waals surface area contributed by atoms with Crippen molar-refractivity contribution in [3.8, 4) is 5.75 Å². The number of ether oxygens (including phenoxy) is 1. The summed E-state index contributed by atoms with van der Waals surface area (Å²) in [5.74, 6) is 0.286. The van der Waals surface area contributed by atoms with Gasteiger partial charge < -0.3 is 10.1 Å². The van der Waals surface area contributed by atoms with Gasteiger partial charge >= 0.3 is 0 Å². The summed E-state index contributed by atoms with van der Waals surface area (Å²) in [6, 6.07) is 15.3. The Balaban J connectivity index is 1.58. The Morgan fingerprint density at radius 1 is 1.12 bits per heavy atom. The number of benzene rings is 2. The largest absolute Gasteiger partial charge is 0.484 e. The lowest BCUT2D eigenvalue weighted by Crippen LogP contribution is -2.30. The van der Waals surface area contributed by atoms with E-state index in [2.05, 4.69) is 10.0 Å². The summed E-state index contributed by atoms with van der Waals surface area (Å²) in [5.41, 5.74) is 0.887. The van der Waals surface area contributed by atoms with E-state index in [9.17, 15) is 13.2 Å². The summed E-state index contributed by atoms with van der Waals surface area (Å²) in [4.78, 5) is 11.8. The summed E-state index contributed by atoms with van der Waals surface area (Å²) < 4.78 is 33.1. The van der Waals surface area contributed by atoms with Gasteiger partial charge in [0.15, 0.2) is 6.61 Å². The van der Waals surface area contributed by atoms with Gasteiger partial charge in [-0.2, -0.15) is 0 Å². The molecule has 1 unspecified atom stereocenters. The zero-order chi connectivity index (χ0) is 18.6. The van der Waals surface area contributed by atoms with Crippen LogP contribution in [-0.4, -0.2) is 27.0 Å². The Labute approximate surface area is 153 Å². The van der Waals surface area contributed by atoms with Crippen molar-refractivity contribution in [1.82, 2.24) is 10.0 Å². The van der Waals surface area contributed by atoms with Crippen LogP contribution in [0.1, 0.15) is 31.4 Å². The molecule has 0 bridgehead atoms. The molecule has 0 aromatic heterocycles. The van der Waals surface area contributed by atoms with E-state index >= 15 is 0 Å². The number of nitrogens with one attached hydrogen (secondary N) is 2. The minimum absolute atomic E-state index is 0.0775. The number of rotatable bonds is 8. The quantitative estimate of drug-likeness (QED) is 0.743. The highest BCUT2D eigenvalue weighted by atomic mass is 32.2. The van der Waals surface area contributed by atoms with Crippen LogP contribution in [0.2, 0.25) is 0 Å². The molecule has 2 aromatic carbocycles. The topological polar surface area (TPSA) is 84.5 Å². The average Bonchev–Trinajstić information content (AvgIpc) is 3.44. The molecular formula is C19H22N2O4S. The summed E-state index contributed by atoms with van der Waals surface area (Å²) in [7, 11) is -3.65. The first-order chi connectivity index (χ1) is 12.4. The Hall–Kier alpha value is -2.38. The van der Waals surface area contributed by atoms with Crippen molar-refractivity contribution in [3.05, 3.63) is 60.2 Å². The van der Waals surface area contributed by atoms with Gasteiger partial charge in [-0.25, -0.2) is 13.1 Å². The van der Waals surface area contributed by atoms with Crippen LogP contribution >= 0.6 is 0 Å². The second-order valence-corrected chi connectivity index (χ2v) is 8.07. The zero-order valence-electron chi connectivity index (χ0n) is 14.5. The summed E-state index contributed by atoms with van der Waals surface area (Å²) >= 11 is 0. The van der Waals surface area contributed by atoms with Crippen molar-refractivity contribution in [2.45, 2.75) is 36.7 Å². The van der Waals surface area contributed by atoms with Gasteiger partial charge in [0.25, 0.3) is 5.91 Å². The third-order valence-electron chi connectivity index (χ3n) is 4.08. The maximum Gasteiger partial charge on any atom is 0.258 e. The van der Waals surface area contributed by atoms with E-state index in [1.165, 1.54) is 12.1 Å². The van der Waals surface area contributed by atoms with Crippen molar-refractivity contribution in [2.75, 3.05) is 6.61 Å². The van der Waals surface area contributed by atoms with Crippen molar-refractivity contribution in [1.29, 1.82) is 0 Å². The van der Waals surface area contributed by atoms with Crippen LogP contribution in [0.25, 0.3) is 0 Å². The van der Waals surface area contributed by atoms with Gasteiger partial charge in [-0.3, -0.25) is 4.79 Å². The smallest absolute Gasteiger partial charge is 0.258 e. The predicted octanol–water partition coefficient (Wildman–Crippen LogP) is 2.38. The standard InChI is InChI=1S/C19H22N2O4S/c1-14(15-5-3-2-4-6-15)21-26(23,24)18-11-9-17(10-12-18)25-13-19(22)20-16-7-8-16/h2-6,9-12,14,16,21H,7-8,13H2,1H3,(H,20,22). The average molecular weight is 374 g/mol. The number of hydrogen-bond donors (Lipinski definition) is 2. The summed E-state index contributed by atoms with van der Waals surface area (Å²) in [6.45, 7) is 1.72. The van der Waals surface area contributed by atoms with Gasteiger partial charge in [0, 0.05) is 12.1 Å². The highest BCUT2D eigenvalue weighted by Gasteiger charge is 2.23. The molecule has 138 valence electrons. The van der Waals surface area contributed by atoms with Crippen molar-refractivity contribution < 1.29 is 17.9 Å². The molecule has 6 nitrogen and oxygen atoms in total. The fraction of sp³-hybridized carbons (Fsp3) is 0.316. The number of hydrogen-bond acceptors (Lipinski definition) is 4. The molecule has 1 amide bonds. The van der Waals surface area contributed by atoms with Gasteiger partial charge in [-0.1, -0.05) is 30.3 Å². The van der Waals surface area contributed by atoms with Crippen molar-refractivity contribution in [3.63, 3.8) is 0 Å². The molecule has 0 aliphatic heterocycles. The lowest BCUT2D eigenvalue weighted by molar-refractivity contribution is -0.123. The molecule has 2 N–H and O–H groups in total. The molecule has 1 aliphatic carbocycles. The Kier molecular flexibility index (Phi) is 5.58. The van der Waals surface area contributed by atoms with Crippen LogP contribution in [0, 0.1) is 0 Å². The van der Waals surface area contributed by atoms with E-state index in [1.54, 1.807) is 19.1 Å². The van der Waals surface area contributed by atoms with Gasteiger partial charge in [0.05, 0.1) is 4.90 Å². The molecule has 26 heavy (non-hydrogen) atoms. The third kappa shape index (κ3) is 5.06. The molecule has 7 heteroatoms. The van der Waals surface area contributed by atoms with Gasteiger partial charge in [-0.05, 0) is 49.6 Å². The number of carbonyl (C=O) groups excluding carboxylic acids is 1. The van der Waals surface area contributed by atoms with Gasteiger partial charge in [-0.15, -0.1) is 0 Å². The van der Waals surface area contributed by atoms with Crippen LogP contribution in [0.15, 0.2) is 59.5 Å².